The van der Waals surface area contributed by atoms with Crippen molar-refractivity contribution in [1.82, 2.24) is 15.1 Å². The molecule has 3 aliphatic rings. The smallest absolute Gasteiger partial charge is 0.317 e. The van der Waals surface area contributed by atoms with Crippen LogP contribution in [0.4, 0.5) is 10.5 Å². The van der Waals surface area contributed by atoms with Gasteiger partial charge in [-0.3, -0.25) is 0 Å². The van der Waals surface area contributed by atoms with Crippen LogP contribution in [-0.4, -0.2) is 67.7 Å². The number of aryl methyl sites for hydroxylation is 1. The lowest BCUT2D eigenvalue weighted by Gasteiger charge is -2.37. The first kappa shape index (κ1) is 17.7. The molecule has 2 aliphatic heterocycles. The van der Waals surface area contributed by atoms with Crippen molar-refractivity contribution in [3.05, 3.63) is 29.3 Å². The maximum absolute atomic E-state index is 12.5. The van der Waals surface area contributed by atoms with E-state index in [0.29, 0.717) is 5.92 Å². The standard InChI is InChI=1S/C21H32N4O/c1-16-4-3-5-20(17(16)2)23-10-12-24(13-11-23)21(26)22-14-18-8-9-25(15-18)19-6-7-19/h3-5,18-19H,6-15H2,1-2H3,(H,22,26)/t18-/m0/s1. The van der Waals surface area contributed by atoms with Crippen LogP contribution in [0.3, 0.4) is 0 Å². The number of piperazine rings is 1. The number of urea groups is 1. The molecule has 1 aromatic carbocycles. The van der Waals surface area contributed by atoms with Crippen LogP contribution in [0.25, 0.3) is 0 Å². The van der Waals surface area contributed by atoms with Crippen LogP contribution in [0.15, 0.2) is 18.2 Å². The van der Waals surface area contributed by atoms with E-state index in [4.69, 9.17) is 0 Å². The zero-order valence-corrected chi connectivity index (χ0v) is 16.2. The maximum atomic E-state index is 12.5. The quantitative estimate of drug-likeness (QED) is 0.901. The third kappa shape index (κ3) is 3.83. The van der Waals surface area contributed by atoms with E-state index < -0.39 is 0 Å². The molecule has 2 saturated heterocycles. The summed E-state index contributed by atoms with van der Waals surface area (Å²) in [6.45, 7) is 11.0. The molecule has 1 N–H and O–H groups in total. The highest BCUT2D eigenvalue weighted by atomic mass is 16.2. The molecule has 3 fully saturated rings. The molecule has 4 rings (SSSR count). The van der Waals surface area contributed by atoms with Crippen molar-refractivity contribution in [2.75, 3.05) is 50.7 Å². The van der Waals surface area contributed by atoms with Gasteiger partial charge in [0.2, 0.25) is 0 Å². The number of amides is 2. The van der Waals surface area contributed by atoms with Crippen molar-refractivity contribution in [3.63, 3.8) is 0 Å². The van der Waals surface area contributed by atoms with Crippen molar-refractivity contribution in [1.29, 1.82) is 0 Å². The Balaban J connectivity index is 1.23. The molecule has 0 radical (unpaired) electrons. The number of rotatable bonds is 4. The van der Waals surface area contributed by atoms with Crippen molar-refractivity contribution in [2.45, 2.75) is 39.2 Å². The van der Waals surface area contributed by atoms with Gasteiger partial charge in [0.25, 0.3) is 0 Å². The van der Waals surface area contributed by atoms with Crippen LogP contribution in [0.1, 0.15) is 30.4 Å². The molecule has 0 bridgehead atoms. The Morgan fingerprint density at radius 1 is 1.08 bits per heavy atom. The fourth-order valence-electron chi connectivity index (χ4n) is 4.37. The molecule has 1 aliphatic carbocycles. The Hall–Kier alpha value is -1.75. The fraction of sp³-hybridized carbons (Fsp3) is 0.667. The molecule has 2 heterocycles. The van der Waals surface area contributed by atoms with Crippen LogP contribution < -0.4 is 10.2 Å². The van der Waals surface area contributed by atoms with Crippen LogP contribution in [0.5, 0.6) is 0 Å². The molecular formula is C21H32N4O. The van der Waals surface area contributed by atoms with Gasteiger partial charge < -0.3 is 20.0 Å². The van der Waals surface area contributed by atoms with Gasteiger partial charge in [-0.15, -0.1) is 0 Å². The number of carbonyl (C=O) groups is 1. The predicted octanol–water partition coefficient (Wildman–Crippen LogP) is 2.62. The van der Waals surface area contributed by atoms with E-state index >= 15 is 0 Å². The van der Waals surface area contributed by atoms with Gasteiger partial charge in [-0.05, 0) is 62.8 Å². The van der Waals surface area contributed by atoms with Gasteiger partial charge in [-0.25, -0.2) is 4.79 Å². The van der Waals surface area contributed by atoms with E-state index in [-0.39, 0.29) is 6.03 Å². The number of hydrogen-bond acceptors (Lipinski definition) is 3. The molecule has 1 saturated carbocycles. The first-order chi connectivity index (χ1) is 12.6. The molecule has 5 heteroatoms. The van der Waals surface area contributed by atoms with Crippen molar-refractivity contribution < 1.29 is 4.79 Å². The topological polar surface area (TPSA) is 38.8 Å². The van der Waals surface area contributed by atoms with Crippen molar-refractivity contribution >= 4 is 11.7 Å². The maximum Gasteiger partial charge on any atom is 0.317 e. The van der Waals surface area contributed by atoms with E-state index in [9.17, 15) is 4.79 Å². The third-order valence-electron chi connectivity index (χ3n) is 6.41. The van der Waals surface area contributed by atoms with Crippen LogP contribution in [0.2, 0.25) is 0 Å². The molecule has 1 aromatic rings. The zero-order valence-electron chi connectivity index (χ0n) is 16.2. The molecule has 5 nitrogen and oxygen atoms in total. The number of nitrogens with zero attached hydrogens (tertiary/aromatic N) is 3. The number of hydrogen-bond donors (Lipinski definition) is 1. The van der Waals surface area contributed by atoms with Gasteiger partial charge in [0.15, 0.2) is 0 Å². The number of likely N-dealkylation sites (tertiary alicyclic amines) is 1. The van der Waals surface area contributed by atoms with E-state index in [0.717, 1.165) is 38.8 Å². The van der Waals surface area contributed by atoms with E-state index in [2.05, 4.69) is 47.2 Å². The average Bonchev–Trinajstić information content (AvgIpc) is 3.40. The summed E-state index contributed by atoms with van der Waals surface area (Å²) in [6, 6.07) is 7.47. The minimum absolute atomic E-state index is 0.121. The number of benzene rings is 1. The molecule has 0 unspecified atom stereocenters. The number of carbonyl (C=O) groups excluding carboxylic acids is 1. The number of nitrogens with one attached hydrogen (secondary N) is 1. The number of anilines is 1. The first-order valence-electron chi connectivity index (χ1n) is 10.2. The fourth-order valence-corrected chi connectivity index (χ4v) is 4.37. The van der Waals surface area contributed by atoms with E-state index in [1.807, 2.05) is 4.90 Å². The van der Waals surface area contributed by atoms with Gasteiger partial charge in [-0.1, -0.05) is 12.1 Å². The largest absolute Gasteiger partial charge is 0.368 e. The summed E-state index contributed by atoms with van der Waals surface area (Å²) >= 11 is 0. The van der Waals surface area contributed by atoms with Gasteiger partial charge >= 0.3 is 6.03 Å². The van der Waals surface area contributed by atoms with Gasteiger partial charge in [0, 0.05) is 51.0 Å². The van der Waals surface area contributed by atoms with Crippen molar-refractivity contribution in [2.24, 2.45) is 5.92 Å². The molecule has 0 spiro atoms. The second kappa shape index (κ2) is 7.47. The zero-order chi connectivity index (χ0) is 18.1. The second-order valence-corrected chi connectivity index (χ2v) is 8.26. The van der Waals surface area contributed by atoms with Crippen LogP contribution >= 0.6 is 0 Å². The summed E-state index contributed by atoms with van der Waals surface area (Å²) < 4.78 is 0. The monoisotopic (exact) mass is 356 g/mol. The molecule has 142 valence electrons. The lowest BCUT2D eigenvalue weighted by molar-refractivity contribution is 0.192. The Morgan fingerprint density at radius 2 is 1.85 bits per heavy atom. The molecule has 2 amide bonds. The molecule has 1 atom stereocenters. The molecule has 26 heavy (non-hydrogen) atoms. The summed E-state index contributed by atoms with van der Waals surface area (Å²) in [5.74, 6) is 0.635. The minimum atomic E-state index is 0.121. The van der Waals surface area contributed by atoms with Gasteiger partial charge in [0.1, 0.15) is 0 Å². The Bertz CT molecular complexity index is 649. The average molecular weight is 357 g/mol. The highest BCUT2D eigenvalue weighted by Gasteiger charge is 2.34. The Labute approximate surface area is 157 Å². The lowest BCUT2D eigenvalue weighted by Crippen LogP contribution is -2.52. The van der Waals surface area contributed by atoms with Crippen molar-refractivity contribution in [3.8, 4) is 0 Å². The second-order valence-electron chi connectivity index (χ2n) is 8.26. The van der Waals surface area contributed by atoms with E-state index in [1.165, 1.54) is 49.2 Å². The van der Waals surface area contributed by atoms with Gasteiger partial charge in [-0.2, -0.15) is 0 Å². The van der Waals surface area contributed by atoms with Gasteiger partial charge in [0.05, 0.1) is 0 Å². The molecule has 0 aromatic heterocycles. The summed E-state index contributed by atoms with van der Waals surface area (Å²) in [7, 11) is 0. The normalized spacial score (nSPS) is 24.2. The van der Waals surface area contributed by atoms with Crippen LogP contribution in [0, 0.1) is 19.8 Å². The molecular weight excluding hydrogens is 324 g/mol. The highest BCUT2D eigenvalue weighted by Crippen LogP contribution is 2.31. The summed E-state index contributed by atoms with van der Waals surface area (Å²) in [6.07, 6.45) is 3.99. The Morgan fingerprint density at radius 3 is 2.58 bits per heavy atom. The highest BCUT2D eigenvalue weighted by molar-refractivity contribution is 5.74. The first-order valence-corrected chi connectivity index (χ1v) is 10.2. The van der Waals surface area contributed by atoms with Crippen LogP contribution in [-0.2, 0) is 0 Å². The Kier molecular flexibility index (Phi) is 5.07. The summed E-state index contributed by atoms with van der Waals surface area (Å²) in [4.78, 5) is 19.5. The summed E-state index contributed by atoms with van der Waals surface area (Å²) in [5.41, 5.74) is 4.00. The SMILES string of the molecule is Cc1cccc(N2CCN(C(=O)NC[C@@H]3CCN(C4CC4)C3)CC2)c1C. The third-order valence-corrected chi connectivity index (χ3v) is 6.41. The lowest BCUT2D eigenvalue weighted by atomic mass is 10.1. The van der Waals surface area contributed by atoms with E-state index in [1.54, 1.807) is 0 Å². The minimum Gasteiger partial charge on any atom is -0.368 e. The predicted molar refractivity (Wildman–Crippen MR) is 106 cm³/mol. The summed E-state index contributed by atoms with van der Waals surface area (Å²) in [5, 5.41) is 3.19.